The van der Waals surface area contributed by atoms with E-state index in [1.54, 1.807) is 11.3 Å². The summed E-state index contributed by atoms with van der Waals surface area (Å²) in [7, 11) is 0. The Bertz CT molecular complexity index is 721. The van der Waals surface area contributed by atoms with Gasteiger partial charge in [0.05, 0.1) is 0 Å². The Morgan fingerprint density at radius 2 is 2.04 bits per heavy atom. The second-order valence-electron chi connectivity index (χ2n) is 6.77. The van der Waals surface area contributed by atoms with E-state index in [2.05, 4.69) is 38.8 Å². The summed E-state index contributed by atoms with van der Waals surface area (Å²) in [5, 5.41) is 5.14. The number of nitrogens with zero attached hydrogens (tertiary/aromatic N) is 3. The first-order chi connectivity index (χ1) is 12.3. The third-order valence-corrected chi connectivity index (χ3v) is 6.05. The highest BCUT2D eigenvalue weighted by Gasteiger charge is 2.21. The fourth-order valence-corrected chi connectivity index (χ4v) is 4.43. The molecule has 0 aromatic carbocycles. The maximum absolute atomic E-state index is 12.4. The molecule has 0 bridgehead atoms. The van der Waals surface area contributed by atoms with Crippen molar-refractivity contribution in [2.45, 2.75) is 38.8 Å². The van der Waals surface area contributed by atoms with E-state index in [0.717, 1.165) is 44.0 Å². The van der Waals surface area contributed by atoms with Crippen LogP contribution in [0.4, 0.5) is 10.6 Å². The van der Waals surface area contributed by atoms with Crippen LogP contribution in [0.15, 0.2) is 29.8 Å². The van der Waals surface area contributed by atoms with Crippen LogP contribution in [-0.2, 0) is 19.5 Å². The van der Waals surface area contributed by atoms with E-state index in [9.17, 15) is 4.79 Å². The van der Waals surface area contributed by atoms with Crippen LogP contribution in [0.2, 0.25) is 0 Å². The number of aromatic nitrogens is 1. The van der Waals surface area contributed by atoms with Crippen molar-refractivity contribution in [3.63, 3.8) is 0 Å². The molecule has 6 heteroatoms. The number of rotatable bonds is 3. The number of thiophene rings is 1. The first kappa shape index (κ1) is 16.4. The summed E-state index contributed by atoms with van der Waals surface area (Å²) in [6.45, 7) is 4.24. The van der Waals surface area contributed by atoms with E-state index < -0.39 is 0 Å². The minimum absolute atomic E-state index is 0.0111. The number of hydrogen-bond donors (Lipinski definition) is 1. The summed E-state index contributed by atoms with van der Waals surface area (Å²) in [5.41, 5.74) is 2.33. The normalized spacial score (nSPS) is 17.3. The number of amides is 2. The van der Waals surface area contributed by atoms with Crippen molar-refractivity contribution in [3.8, 4) is 0 Å². The highest BCUT2D eigenvalue weighted by atomic mass is 32.1. The zero-order valence-electron chi connectivity index (χ0n) is 14.4. The first-order valence-electron chi connectivity index (χ1n) is 9.07. The van der Waals surface area contributed by atoms with Crippen LogP contribution >= 0.6 is 11.3 Å². The molecule has 1 fully saturated rings. The summed E-state index contributed by atoms with van der Waals surface area (Å²) in [6, 6.07) is 6.29. The quantitative estimate of drug-likeness (QED) is 0.917. The summed E-state index contributed by atoms with van der Waals surface area (Å²) < 4.78 is 0. The van der Waals surface area contributed by atoms with Gasteiger partial charge in [0, 0.05) is 43.8 Å². The number of carbonyl (C=O) groups excluding carboxylic acids is 1. The van der Waals surface area contributed by atoms with E-state index in [-0.39, 0.29) is 6.03 Å². The predicted octanol–water partition coefficient (Wildman–Crippen LogP) is 3.40. The molecule has 4 rings (SSSR count). The maximum atomic E-state index is 12.4. The molecule has 0 unspecified atom stereocenters. The van der Waals surface area contributed by atoms with Gasteiger partial charge in [-0.2, -0.15) is 0 Å². The Kier molecular flexibility index (Phi) is 4.88. The monoisotopic (exact) mass is 356 g/mol. The summed E-state index contributed by atoms with van der Waals surface area (Å²) in [4.78, 5) is 22.6. The SMILES string of the molecule is O=C(NCc1ccc(N2CCCCC2)nc1)N1CCc2sccc2C1. The van der Waals surface area contributed by atoms with Gasteiger partial charge in [0.25, 0.3) is 0 Å². The van der Waals surface area contributed by atoms with Crippen LogP contribution in [0, 0.1) is 0 Å². The maximum Gasteiger partial charge on any atom is 0.317 e. The number of anilines is 1. The van der Waals surface area contributed by atoms with Crippen molar-refractivity contribution in [1.29, 1.82) is 0 Å². The van der Waals surface area contributed by atoms with Crippen LogP contribution in [-0.4, -0.2) is 35.5 Å². The van der Waals surface area contributed by atoms with Crippen LogP contribution in [0.1, 0.15) is 35.3 Å². The third-order valence-electron chi connectivity index (χ3n) is 5.03. The summed E-state index contributed by atoms with van der Waals surface area (Å²) in [6.07, 6.45) is 6.68. The molecule has 0 atom stereocenters. The molecular weight excluding hydrogens is 332 g/mol. The molecule has 2 aromatic heterocycles. The molecule has 2 aliphatic rings. The smallest absolute Gasteiger partial charge is 0.317 e. The Hall–Kier alpha value is -2.08. The fourth-order valence-electron chi connectivity index (χ4n) is 3.54. The Labute approximate surface area is 152 Å². The van der Waals surface area contributed by atoms with Crippen LogP contribution in [0.3, 0.4) is 0 Å². The van der Waals surface area contributed by atoms with Gasteiger partial charge < -0.3 is 15.1 Å². The first-order valence-corrected chi connectivity index (χ1v) is 9.95. The lowest BCUT2D eigenvalue weighted by molar-refractivity contribution is 0.192. The average Bonchev–Trinajstić information content (AvgIpc) is 3.15. The zero-order chi connectivity index (χ0) is 17.1. The van der Waals surface area contributed by atoms with Gasteiger partial charge in [-0.05, 0) is 54.3 Å². The molecule has 1 N–H and O–H groups in total. The van der Waals surface area contributed by atoms with Crippen molar-refractivity contribution in [2.75, 3.05) is 24.5 Å². The summed E-state index contributed by atoms with van der Waals surface area (Å²) >= 11 is 1.79. The van der Waals surface area contributed by atoms with E-state index in [1.165, 1.54) is 29.7 Å². The highest BCUT2D eigenvalue weighted by molar-refractivity contribution is 7.10. The van der Waals surface area contributed by atoms with E-state index in [4.69, 9.17) is 0 Å². The van der Waals surface area contributed by atoms with Gasteiger partial charge >= 0.3 is 6.03 Å². The van der Waals surface area contributed by atoms with Gasteiger partial charge in [-0.25, -0.2) is 9.78 Å². The van der Waals surface area contributed by atoms with Crippen molar-refractivity contribution in [1.82, 2.24) is 15.2 Å². The number of pyridine rings is 1. The van der Waals surface area contributed by atoms with Crippen molar-refractivity contribution < 1.29 is 4.79 Å². The van der Waals surface area contributed by atoms with Gasteiger partial charge in [0.2, 0.25) is 0 Å². The largest absolute Gasteiger partial charge is 0.357 e. The molecule has 5 nitrogen and oxygen atoms in total. The number of piperidine rings is 1. The van der Waals surface area contributed by atoms with E-state index >= 15 is 0 Å². The second-order valence-corrected chi connectivity index (χ2v) is 7.77. The second kappa shape index (κ2) is 7.44. The minimum atomic E-state index is 0.0111. The van der Waals surface area contributed by atoms with Gasteiger partial charge in [-0.1, -0.05) is 6.07 Å². The lowest BCUT2D eigenvalue weighted by Crippen LogP contribution is -2.42. The van der Waals surface area contributed by atoms with Crippen LogP contribution in [0.5, 0.6) is 0 Å². The standard InChI is InChI=1S/C19H24N4OS/c24-19(23-10-6-17-16(14-23)7-11-25-17)21-13-15-4-5-18(20-12-15)22-8-2-1-3-9-22/h4-5,7,11-12H,1-3,6,8-10,13-14H2,(H,21,24). The average molecular weight is 356 g/mol. The lowest BCUT2D eigenvalue weighted by atomic mass is 10.1. The number of urea groups is 1. The van der Waals surface area contributed by atoms with Crippen LogP contribution in [0.25, 0.3) is 0 Å². The molecule has 0 radical (unpaired) electrons. The fraction of sp³-hybridized carbons (Fsp3) is 0.474. The predicted molar refractivity (Wildman–Crippen MR) is 101 cm³/mol. The highest BCUT2D eigenvalue weighted by Crippen LogP contribution is 2.24. The number of nitrogens with one attached hydrogen (secondary N) is 1. The molecule has 0 spiro atoms. The molecule has 132 valence electrons. The molecule has 0 saturated carbocycles. The Morgan fingerprint density at radius 1 is 1.16 bits per heavy atom. The molecule has 4 heterocycles. The molecular formula is C19H24N4OS. The Morgan fingerprint density at radius 3 is 2.84 bits per heavy atom. The molecule has 25 heavy (non-hydrogen) atoms. The number of fused-ring (bicyclic) bond motifs is 1. The van der Waals surface area contributed by atoms with Gasteiger partial charge in [-0.15, -0.1) is 11.3 Å². The molecule has 2 aromatic rings. The summed E-state index contributed by atoms with van der Waals surface area (Å²) in [5.74, 6) is 1.05. The van der Waals surface area contributed by atoms with E-state index in [1.807, 2.05) is 11.1 Å². The van der Waals surface area contributed by atoms with Crippen molar-refractivity contribution in [3.05, 3.63) is 45.8 Å². The number of hydrogen-bond acceptors (Lipinski definition) is 4. The lowest BCUT2D eigenvalue weighted by Gasteiger charge is -2.28. The minimum Gasteiger partial charge on any atom is -0.357 e. The van der Waals surface area contributed by atoms with Gasteiger partial charge in [0.1, 0.15) is 5.82 Å². The molecule has 2 aliphatic heterocycles. The van der Waals surface area contributed by atoms with Gasteiger partial charge in [-0.3, -0.25) is 0 Å². The Balaban J connectivity index is 1.30. The number of carbonyl (C=O) groups is 1. The topological polar surface area (TPSA) is 48.5 Å². The van der Waals surface area contributed by atoms with Crippen molar-refractivity contribution in [2.24, 2.45) is 0 Å². The van der Waals surface area contributed by atoms with E-state index in [0.29, 0.717) is 6.54 Å². The molecule has 1 saturated heterocycles. The van der Waals surface area contributed by atoms with Crippen molar-refractivity contribution >= 4 is 23.2 Å². The third kappa shape index (κ3) is 3.79. The molecule has 2 amide bonds. The zero-order valence-corrected chi connectivity index (χ0v) is 15.2. The van der Waals surface area contributed by atoms with Crippen LogP contribution < -0.4 is 10.2 Å². The molecule has 0 aliphatic carbocycles. The van der Waals surface area contributed by atoms with Gasteiger partial charge in [0.15, 0.2) is 0 Å².